The lowest BCUT2D eigenvalue weighted by atomic mass is 10.0. The standard InChI is InChI=1S/C15H11Br2FO/c16-13-6-2-1-4-10(13)8-12(19)9-11-5-3-7-14(18)15(11)17/h1-7H,8-9H2. The lowest BCUT2D eigenvalue weighted by Gasteiger charge is -2.06. The Morgan fingerprint density at radius 3 is 2.32 bits per heavy atom. The van der Waals surface area contributed by atoms with Gasteiger partial charge in [0.1, 0.15) is 11.6 Å². The van der Waals surface area contributed by atoms with E-state index < -0.39 is 0 Å². The topological polar surface area (TPSA) is 17.1 Å². The van der Waals surface area contributed by atoms with Crippen LogP contribution in [0.1, 0.15) is 11.1 Å². The van der Waals surface area contributed by atoms with E-state index in [2.05, 4.69) is 31.9 Å². The van der Waals surface area contributed by atoms with E-state index in [1.165, 1.54) is 6.07 Å². The first-order valence-electron chi connectivity index (χ1n) is 5.76. The van der Waals surface area contributed by atoms with Crippen LogP contribution in [0.15, 0.2) is 51.4 Å². The summed E-state index contributed by atoms with van der Waals surface area (Å²) in [4.78, 5) is 12.0. The molecule has 4 heteroatoms. The number of benzene rings is 2. The molecule has 0 aliphatic carbocycles. The largest absolute Gasteiger partial charge is 0.299 e. The van der Waals surface area contributed by atoms with Crippen LogP contribution in [0.3, 0.4) is 0 Å². The lowest BCUT2D eigenvalue weighted by molar-refractivity contribution is -0.117. The summed E-state index contributed by atoms with van der Waals surface area (Å²) < 4.78 is 14.6. The van der Waals surface area contributed by atoms with Gasteiger partial charge in [0.15, 0.2) is 0 Å². The van der Waals surface area contributed by atoms with E-state index >= 15 is 0 Å². The highest BCUT2D eigenvalue weighted by molar-refractivity contribution is 9.10. The van der Waals surface area contributed by atoms with Crippen molar-refractivity contribution >= 4 is 37.6 Å². The second-order valence-corrected chi connectivity index (χ2v) is 5.84. The highest BCUT2D eigenvalue weighted by Gasteiger charge is 2.11. The molecule has 0 spiro atoms. The Morgan fingerprint density at radius 1 is 0.947 bits per heavy atom. The zero-order valence-electron chi connectivity index (χ0n) is 10.00. The Labute approximate surface area is 128 Å². The van der Waals surface area contributed by atoms with Crippen molar-refractivity contribution in [1.29, 1.82) is 0 Å². The van der Waals surface area contributed by atoms with Crippen LogP contribution in [-0.4, -0.2) is 5.78 Å². The van der Waals surface area contributed by atoms with Crippen LogP contribution in [-0.2, 0) is 17.6 Å². The predicted octanol–water partition coefficient (Wildman–Crippen LogP) is 4.71. The molecule has 0 atom stereocenters. The van der Waals surface area contributed by atoms with Gasteiger partial charge in [0.25, 0.3) is 0 Å². The van der Waals surface area contributed by atoms with Gasteiger partial charge in [0.05, 0.1) is 4.47 Å². The zero-order chi connectivity index (χ0) is 13.8. The molecule has 2 rings (SSSR count). The summed E-state index contributed by atoms with van der Waals surface area (Å²) in [6.07, 6.45) is 0.560. The summed E-state index contributed by atoms with van der Waals surface area (Å²) in [6.45, 7) is 0. The van der Waals surface area contributed by atoms with E-state index in [-0.39, 0.29) is 18.0 Å². The van der Waals surface area contributed by atoms with Crippen LogP contribution in [0.2, 0.25) is 0 Å². The molecule has 0 aliphatic rings. The summed E-state index contributed by atoms with van der Waals surface area (Å²) in [5, 5.41) is 0. The molecule has 0 N–H and O–H groups in total. The molecule has 19 heavy (non-hydrogen) atoms. The van der Waals surface area contributed by atoms with Crippen LogP contribution in [0.5, 0.6) is 0 Å². The summed E-state index contributed by atoms with van der Waals surface area (Å²) in [5.74, 6) is -0.288. The lowest BCUT2D eigenvalue weighted by Crippen LogP contribution is -2.08. The van der Waals surface area contributed by atoms with Crippen molar-refractivity contribution in [2.45, 2.75) is 12.8 Å². The van der Waals surface area contributed by atoms with Gasteiger partial charge < -0.3 is 0 Å². The van der Waals surface area contributed by atoms with Gasteiger partial charge >= 0.3 is 0 Å². The summed E-state index contributed by atoms with van der Waals surface area (Å²) in [5.41, 5.74) is 1.62. The van der Waals surface area contributed by atoms with Gasteiger partial charge in [-0.05, 0) is 39.2 Å². The maximum Gasteiger partial charge on any atom is 0.141 e. The minimum absolute atomic E-state index is 0.0539. The minimum Gasteiger partial charge on any atom is -0.299 e. The average Bonchev–Trinajstić information content (AvgIpc) is 2.38. The number of halogens is 3. The predicted molar refractivity (Wildman–Crippen MR) is 80.7 cm³/mol. The number of carbonyl (C=O) groups is 1. The van der Waals surface area contributed by atoms with Crippen LogP contribution in [0.4, 0.5) is 4.39 Å². The maximum atomic E-state index is 13.4. The Balaban J connectivity index is 2.10. The van der Waals surface area contributed by atoms with Gasteiger partial charge in [-0.1, -0.05) is 46.3 Å². The number of ketones is 1. The van der Waals surface area contributed by atoms with E-state index in [4.69, 9.17) is 0 Å². The van der Waals surface area contributed by atoms with Crippen LogP contribution >= 0.6 is 31.9 Å². The number of rotatable bonds is 4. The molecule has 1 nitrogen and oxygen atoms in total. The van der Waals surface area contributed by atoms with E-state index in [0.717, 1.165) is 10.0 Å². The van der Waals surface area contributed by atoms with Gasteiger partial charge in [-0.25, -0.2) is 4.39 Å². The van der Waals surface area contributed by atoms with Crippen molar-refractivity contribution in [3.05, 3.63) is 68.4 Å². The van der Waals surface area contributed by atoms with Crippen molar-refractivity contribution in [3.8, 4) is 0 Å². The number of carbonyl (C=O) groups excluding carboxylic acids is 1. The van der Waals surface area contributed by atoms with Crippen molar-refractivity contribution in [3.63, 3.8) is 0 Å². The Kier molecular flexibility index (Phi) is 4.88. The van der Waals surface area contributed by atoms with Gasteiger partial charge in [0, 0.05) is 17.3 Å². The van der Waals surface area contributed by atoms with E-state index in [0.29, 0.717) is 16.5 Å². The molecule has 0 aromatic heterocycles. The zero-order valence-corrected chi connectivity index (χ0v) is 13.2. The van der Waals surface area contributed by atoms with Crippen molar-refractivity contribution < 1.29 is 9.18 Å². The Hall–Kier alpha value is -1.00. The van der Waals surface area contributed by atoms with Crippen molar-refractivity contribution in [1.82, 2.24) is 0 Å². The molecule has 2 aromatic rings. The van der Waals surface area contributed by atoms with Gasteiger partial charge in [-0.15, -0.1) is 0 Å². The minimum atomic E-state index is -0.341. The number of Topliss-reactive ketones (excluding diaryl/α,β-unsaturated/α-hetero) is 1. The SMILES string of the molecule is O=C(Cc1ccccc1Br)Cc1cccc(F)c1Br. The molecule has 0 unspecified atom stereocenters. The van der Waals surface area contributed by atoms with Gasteiger partial charge in [0.2, 0.25) is 0 Å². The third-order valence-corrected chi connectivity index (χ3v) is 4.43. The molecular formula is C15H11Br2FO. The first-order chi connectivity index (χ1) is 9.08. The van der Waals surface area contributed by atoms with Crippen LogP contribution < -0.4 is 0 Å². The first kappa shape index (κ1) is 14.4. The molecule has 0 saturated carbocycles. The number of hydrogen-bond donors (Lipinski definition) is 0. The molecule has 0 saturated heterocycles. The van der Waals surface area contributed by atoms with Crippen LogP contribution in [0, 0.1) is 5.82 Å². The van der Waals surface area contributed by atoms with E-state index in [9.17, 15) is 9.18 Å². The second kappa shape index (κ2) is 6.44. The molecule has 0 fully saturated rings. The molecule has 0 radical (unpaired) electrons. The smallest absolute Gasteiger partial charge is 0.141 e. The Morgan fingerprint density at radius 2 is 1.58 bits per heavy atom. The van der Waals surface area contributed by atoms with Crippen molar-refractivity contribution in [2.75, 3.05) is 0 Å². The quantitative estimate of drug-likeness (QED) is 0.745. The average molecular weight is 386 g/mol. The Bertz CT molecular complexity index is 611. The molecular weight excluding hydrogens is 375 g/mol. The molecule has 0 amide bonds. The fourth-order valence-electron chi connectivity index (χ4n) is 1.81. The molecule has 2 aromatic carbocycles. The first-order valence-corrected chi connectivity index (χ1v) is 7.34. The normalized spacial score (nSPS) is 10.5. The monoisotopic (exact) mass is 384 g/mol. The van der Waals surface area contributed by atoms with Gasteiger partial charge in [-0.2, -0.15) is 0 Å². The third kappa shape index (κ3) is 3.74. The maximum absolute atomic E-state index is 13.4. The fourth-order valence-corrected chi connectivity index (χ4v) is 2.64. The summed E-state index contributed by atoms with van der Waals surface area (Å²) in [7, 11) is 0. The highest BCUT2D eigenvalue weighted by atomic mass is 79.9. The summed E-state index contributed by atoms with van der Waals surface area (Å²) in [6, 6.07) is 12.3. The molecule has 0 aliphatic heterocycles. The molecule has 98 valence electrons. The van der Waals surface area contributed by atoms with Crippen molar-refractivity contribution in [2.24, 2.45) is 0 Å². The number of hydrogen-bond acceptors (Lipinski definition) is 1. The van der Waals surface area contributed by atoms with E-state index in [1.807, 2.05) is 24.3 Å². The van der Waals surface area contributed by atoms with E-state index in [1.54, 1.807) is 12.1 Å². The molecule has 0 bridgehead atoms. The fraction of sp³-hybridized carbons (Fsp3) is 0.133. The highest BCUT2D eigenvalue weighted by Crippen LogP contribution is 2.22. The summed E-state index contributed by atoms with van der Waals surface area (Å²) >= 11 is 6.59. The second-order valence-electron chi connectivity index (χ2n) is 4.20. The van der Waals surface area contributed by atoms with Crippen LogP contribution in [0.25, 0.3) is 0 Å². The third-order valence-electron chi connectivity index (χ3n) is 2.76. The molecule has 0 heterocycles. The van der Waals surface area contributed by atoms with Gasteiger partial charge in [-0.3, -0.25) is 4.79 Å².